The minimum Gasteiger partial charge on any atom is -0.313 e. The van der Waals surface area contributed by atoms with Crippen LogP contribution < -0.4 is 5.32 Å². The molecule has 1 aromatic carbocycles. The molecule has 1 N–H and O–H groups in total. The van der Waals surface area contributed by atoms with Crippen molar-refractivity contribution < 1.29 is 4.39 Å². The van der Waals surface area contributed by atoms with Crippen LogP contribution in [0.15, 0.2) is 18.2 Å². The molecule has 0 aromatic heterocycles. The van der Waals surface area contributed by atoms with Crippen LogP contribution in [0, 0.1) is 11.2 Å². The second kappa shape index (κ2) is 6.23. The summed E-state index contributed by atoms with van der Waals surface area (Å²) >= 11 is 5.88. The lowest BCUT2D eigenvalue weighted by atomic mass is 9.77. The summed E-state index contributed by atoms with van der Waals surface area (Å²) in [5.41, 5.74) is 1.39. The maximum Gasteiger partial charge on any atom is 0.141 e. The van der Waals surface area contributed by atoms with Crippen molar-refractivity contribution in [3.63, 3.8) is 0 Å². The van der Waals surface area contributed by atoms with E-state index < -0.39 is 0 Å². The third kappa shape index (κ3) is 3.93. The molecule has 1 aliphatic carbocycles. The van der Waals surface area contributed by atoms with Crippen LogP contribution in [0.3, 0.4) is 0 Å². The summed E-state index contributed by atoms with van der Waals surface area (Å²) in [5, 5.41) is 3.87. The van der Waals surface area contributed by atoms with Crippen molar-refractivity contribution in [2.75, 3.05) is 6.54 Å². The van der Waals surface area contributed by atoms with Crippen molar-refractivity contribution >= 4 is 11.6 Å². The quantitative estimate of drug-likeness (QED) is 0.772. The van der Waals surface area contributed by atoms with Crippen LogP contribution in [-0.2, 0) is 6.42 Å². The Bertz CT molecular complexity index is 425. The molecule has 106 valence electrons. The van der Waals surface area contributed by atoms with Gasteiger partial charge in [-0.3, -0.25) is 0 Å². The van der Waals surface area contributed by atoms with Crippen LogP contribution in [0.1, 0.15) is 45.1 Å². The lowest BCUT2D eigenvalue weighted by molar-refractivity contribution is 0.245. The Hall–Kier alpha value is -0.600. The number of hydrogen-bond donors (Lipinski definition) is 1. The summed E-state index contributed by atoms with van der Waals surface area (Å²) in [6.45, 7) is 5.52. The first-order valence-corrected chi connectivity index (χ1v) is 7.63. The lowest BCUT2D eigenvalue weighted by Gasteiger charge is -2.32. The third-order valence-corrected chi connectivity index (χ3v) is 4.70. The van der Waals surface area contributed by atoms with E-state index in [1.54, 1.807) is 6.07 Å². The standard InChI is InChI=1S/C16H23ClFN/c1-3-16(4-2,11-19-13-6-7-13)10-12-5-8-15(18)14(17)9-12/h5,8-9,13,19H,3-4,6-7,10-11H2,1-2H3. The highest BCUT2D eigenvalue weighted by Crippen LogP contribution is 2.33. The summed E-state index contributed by atoms with van der Waals surface area (Å²) in [6.07, 6.45) is 5.83. The Labute approximate surface area is 120 Å². The minimum atomic E-state index is -0.333. The fourth-order valence-corrected chi connectivity index (χ4v) is 2.75. The van der Waals surface area contributed by atoms with Gasteiger partial charge in [-0.25, -0.2) is 4.39 Å². The van der Waals surface area contributed by atoms with E-state index in [1.165, 1.54) is 18.9 Å². The van der Waals surface area contributed by atoms with Gasteiger partial charge in [0.2, 0.25) is 0 Å². The molecule has 0 unspecified atom stereocenters. The summed E-state index contributed by atoms with van der Waals surface area (Å²) in [7, 11) is 0. The average molecular weight is 284 g/mol. The van der Waals surface area contributed by atoms with Crippen molar-refractivity contribution in [3.8, 4) is 0 Å². The molecule has 0 heterocycles. The van der Waals surface area contributed by atoms with Crippen molar-refractivity contribution in [1.29, 1.82) is 0 Å². The van der Waals surface area contributed by atoms with E-state index in [1.807, 2.05) is 6.07 Å². The SMILES string of the molecule is CCC(CC)(CNC1CC1)Cc1ccc(F)c(Cl)c1. The molecule has 1 saturated carbocycles. The Morgan fingerprint density at radius 3 is 2.53 bits per heavy atom. The first kappa shape index (κ1) is 14.8. The average Bonchev–Trinajstić information content (AvgIpc) is 3.23. The molecule has 1 aromatic rings. The number of rotatable bonds is 7. The van der Waals surface area contributed by atoms with Crippen molar-refractivity contribution in [3.05, 3.63) is 34.6 Å². The largest absolute Gasteiger partial charge is 0.313 e. The molecule has 0 spiro atoms. The summed E-state index contributed by atoms with van der Waals surface area (Å²) < 4.78 is 13.2. The monoisotopic (exact) mass is 283 g/mol. The summed E-state index contributed by atoms with van der Waals surface area (Å²) in [6, 6.07) is 5.84. The molecule has 0 radical (unpaired) electrons. The Kier molecular flexibility index (Phi) is 4.86. The molecule has 0 saturated heterocycles. The van der Waals surface area contributed by atoms with Crippen molar-refractivity contribution in [2.45, 2.75) is 52.0 Å². The fraction of sp³-hybridized carbons (Fsp3) is 0.625. The van der Waals surface area contributed by atoms with Gasteiger partial charge in [-0.1, -0.05) is 31.5 Å². The van der Waals surface area contributed by atoms with Gasteiger partial charge in [-0.2, -0.15) is 0 Å². The van der Waals surface area contributed by atoms with Gasteiger partial charge in [0.05, 0.1) is 5.02 Å². The topological polar surface area (TPSA) is 12.0 Å². The zero-order chi connectivity index (χ0) is 13.9. The Balaban J connectivity index is 2.06. The predicted molar refractivity (Wildman–Crippen MR) is 79.2 cm³/mol. The molecular formula is C16H23ClFN. The van der Waals surface area contributed by atoms with E-state index in [4.69, 9.17) is 11.6 Å². The van der Waals surface area contributed by atoms with Gasteiger partial charge in [0, 0.05) is 12.6 Å². The van der Waals surface area contributed by atoms with Crippen LogP contribution in [-0.4, -0.2) is 12.6 Å². The Morgan fingerprint density at radius 1 is 1.32 bits per heavy atom. The van der Waals surface area contributed by atoms with Crippen LogP contribution >= 0.6 is 11.6 Å². The molecule has 0 atom stereocenters. The third-order valence-electron chi connectivity index (χ3n) is 4.41. The van der Waals surface area contributed by atoms with Gasteiger partial charge >= 0.3 is 0 Å². The second-order valence-electron chi connectivity index (χ2n) is 5.79. The molecular weight excluding hydrogens is 261 g/mol. The zero-order valence-electron chi connectivity index (χ0n) is 11.8. The van der Waals surface area contributed by atoms with Crippen LogP contribution in [0.25, 0.3) is 0 Å². The maximum absolute atomic E-state index is 13.2. The van der Waals surface area contributed by atoms with Crippen molar-refractivity contribution in [1.82, 2.24) is 5.32 Å². The predicted octanol–water partition coefficient (Wildman–Crippen LogP) is 4.58. The zero-order valence-corrected chi connectivity index (χ0v) is 12.6. The maximum atomic E-state index is 13.2. The van der Waals surface area contributed by atoms with E-state index in [0.717, 1.165) is 37.4 Å². The number of hydrogen-bond acceptors (Lipinski definition) is 1. The highest BCUT2D eigenvalue weighted by Gasteiger charge is 2.30. The van der Waals surface area contributed by atoms with E-state index in [2.05, 4.69) is 19.2 Å². The highest BCUT2D eigenvalue weighted by atomic mass is 35.5. The summed E-state index contributed by atoms with van der Waals surface area (Å²) in [5.74, 6) is -0.333. The fourth-order valence-electron chi connectivity index (χ4n) is 2.54. The molecule has 1 fully saturated rings. The van der Waals surface area contributed by atoms with Crippen molar-refractivity contribution in [2.24, 2.45) is 5.41 Å². The smallest absolute Gasteiger partial charge is 0.141 e. The second-order valence-corrected chi connectivity index (χ2v) is 6.19. The molecule has 2 rings (SSSR count). The number of benzene rings is 1. The van der Waals surface area contributed by atoms with E-state index >= 15 is 0 Å². The molecule has 0 aliphatic heterocycles. The molecule has 0 bridgehead atoms. The molecule has 19 heavy (non-hydrogen) atoms. The molecule has 1 nitrogen and oxygen atoms in total. The van der Waals surface area contributed by atoms with Gasteiger partial charge in [0.1, 0.15) is 5.82 Å². The first-order chi connectivity index (χ1) is 9.08. The summed E-state index contributed by atoms with van der Waals surface area (Å²) in [4.78, 5) is 0. The Morgan fingerprint density at radius 2 is 2.00 bits per heavy atom. The number of halogens is 2. The number of nitrogens with one attached hydrogen (secondary N) is 1. The van der Waals surface area contributed by atoms with Gasteiger partial charge in [-0.15, -0.1) is 0 Å². The van der Waals surface area contributed by atoms with Gasteiger partial charge < -0.3 is 5.32 Å². The molecule has 1 aliphatic rings. The van der Waals surface area contributed by atoms with E-state index in [9.17, 15) is 4.39 Å². The van der Waals surface area contributed by atoms with Gasteiger partial charge in [-0.05, 0) is 55.2 Å². The van der Waals surface area contributed by atoms with E-state index in [0.29, 0.717) is 0 Å². The van der Waals surface area contributed by atoms with Crippen LogP contribution in [0.4, 0.5) is 4.39 Å². The minimum absolute atomic E-state index is 0.230. The highest BCUT2D eigenvalue weighted by molar-refractivity contribution is 6.30. The molecule has 0 amide bonds. The first-order valence-electron chi connectivity index (χ1n) is 7.26. The van der Waals surface area contributed by atoms with Crippen LogP contribution in [0.2, 0.25) is 5.02 Å². The van der Waals surface area contributed by atoms with Crippen LogP contribution in [0.5, 0.6) is 0 Å². The van der Waals surface area contributed by atoms with Gasteiger partial charge in [0.15, 0.2) is 0 Å². The van der Waals surface area contributed by atoms with Gasteiger partial charge in [0.25, 0.3) is 0 Å². The normalized spacial score (nSPS) is 15.8. The molecule has 3 heteroatoms. The lowest BCUT2D eigenvalue weighted by Crippen LogP contribution is -2.36. The van der Waals surface area contributed by atoms with E-state index in [-0.39, 0.29) is 16.3 Å².